The maximum absolute atomic E-state index is 4.74. The summed E-state index contributed by atoms with van der Waals surface area (Å²) in [6.07, 6.45) is 3.73. The van der Waals surface area contributed by atoms with E-state index in [0.717, 1.165) is 32.3 Å². The lowest BCUT2D eigenvalue weighted by Crippen LogP contribution is -2.37. The van der Waals surface area contributed by atoms with E-state index in [-0.39, 0.29) is 0 Å². The maximum atomic E-state index is 4.74. The molecule has 0 saturated heterocycles. The minimum atomic E-state index is -0.598. The number of hydrogen-bond acceptors (Lipinski definition) is 2. The number of nitrogens with zero attached hydrogens (tertiary/aromatic N) is 3. The highest BCUT2D eigenvalue weighted by atomic mass is 79.9. The normalized spacial score (nSPS) is 11.6. The Labute approximate surface area is 177 Å². The molecule has 0 aliphatic carbocycles. The summed E-state index contributed by atoms with van der Waals surface area (Å²) in [5.41, 5.74) is 4.56. The van der Waals surface area contributed by atoms with Crippen molar-refractivity contribution in [3.63, 3.8) is 0 Å². The third-order valence-electron chi connectivity index (χ3n) is 5.29. The Morgan fingerprint density at radius 3 is 1.62 bits per heavy atom. The van der Waals surface area contributed by atoms with E-state index in [9.17, 15) is 0 Å². The van der Waals surface area contributed by atoms with Gasteiger partial charge in [0, 0.05) is 10.7 Å². The number of pyridine rings is 1. The average molecular weight is 440 g/mol. The number of halogens is 1. The molecule has 5 aromatic rings. The lowest BCUT2D eigenvalue weighted by atomic mass is 9.76. The molecule has 0 spiro atoms. The van der Waals surface area contributed by atoms with Crippen molar-refractivity contribution in [2.45, 2.75) is 5.54 Å². The van der Waals surface area contributed by atoms with E-state index in [1.165, 1.54) is 0 Å². The van der Waals surface area contributed by atoms with Crippen molar-refractivity contribution in [2.24, 2.45) is 0 Å². The lowest BCUT2D eigenvalue weighted by molar-refractivity contribution is 0.526. The monoisotopic (exact) mass is 439 g/mol. The fourth-order valence-corrected chi connectivity index (χ4v) is 4.40. The van der Waals surface area contributed by atoms with Crippen LogP contribution < -0.4 is 0 Å². The van der Waals surface area contributed by atoms with Gasteiger partial charge in [-0.25, -0.2) is 9.97 Å². The van der Waals surface area contributed by atoms with Gasteiger partial charge in [0.1, 0.15) is 11.1 Å². The SMILES string of the molecule is Brc1cnc2c(c1)ncn2C(c1ccccc1)(c1ccccc1)c1ccccc1. The van der Waals surface area contributed by atoms with Gasteiger partial charge in [-0.3, -0.25) is 4.57 Å². The molecule has 2 heterocycles. The number of rotatable bonds is 4. The van der Waals surface area contributed by atoms with Crippen LogP contribution in [0.25, 0.3) is 11.2 Å². The highest BCUT2D eigenvalue weighted by Gasteiger charge is 2.39. The van der Waals surface area contributed by atoms with Crippen molar-refractivity contribution in [1.29, 1.82) is 0 Å². The predicted octanol–water partition coefficient (Wildman–Crippen LogP) is 6.03. The molecule has 140 valence electrons. The van der Waals surface area contributed by atoms with Crippen LogP contribution in [0.15, 0.2) is 114 Å². The van der Waals surface area contributed by atoms with Crippen molar-refractivity contribution in [3.8, 4) is 0 Å². The standard InChI is InChI=1S/C25H18BrN3/c26-22-16-23-24(27-17-22)29(18-28-23)25(19-10-4-1-5-11-19,20-12-6-2-7-13-20)21-14-8-3-9-15-21/h1-18H. The third-order valence-corrected chi connectivity index (χ3v) is 5.72. The van der Waals surface area contributed by atoms with Gasteiger partial charge >= 0.3 is 0 Å². The smallest absolute Gasteiger partial charge is 0.161 e. The maximum Gasteiger partial charge on any atom is 0.161 e. The highest BCUT2D eigenvalue weighted by Crippen LogP contribution is 2.42. The van der Waals surface area contributed by atoms with Crippen LogP contribution in [0.1, 0.15) is 16.7 Å². The Morgan fingerprint density at radius 2 is 1.14 bits per heavy atom. The van der Waals surface area contributed by atoms with E-state index in [1.807, 2.05) is 36.8 Å². The van der Waals surface area contributed by atoms with Gasteiger partial charge in [-0.1, -0.05) is 91.0 Å². The number of fused-ring (bicyclic) bond motifs is 1. The minimum Gasteiger partial charge on any atom is -0.296 e. The van der Waals surface area contributed by atoms with Gasteiger partial charge < -0.3 is 0 Å². The molecule has 2 aromatic heterocycles. The quantitative estimate of drug-likeness (QED) is 0.320. The van der Waals surface area contributed by atoms with Gasteiger partial charge in [0.05, 0.1) is 6.33 Å². The second kappa shape index (κ2) is 7.30. The first-order valence-corrected chi connectivity index (χ1v) is 10.2. The topological polar surface area (TPSA) is 30.7 Å². The van der Waals surface area contributed by atoms with E-state index in [0.29, 0.717) is 0 Å². The van der Waals surface area contributed by atoms with Crippen molar-refractivity contribution in [1.82, 2.24) is 14.5 Å². The lowest BCUT2D eigenvalue weighted by Gasteiger charge is -2.37. The summed E-state index contributed by atoms with van der Waals surface area (Å²) < 4.78 is 3.11. The minimum absolute atomic E-state index is 0.598. The van der Waals surface area contributed by atoms with Crippen molar-refractivity contribution in [3.05, 3.63) is 131 Å². The Morgan fingerprint density at radius 1 is 0.655 bits per heavy atom. The van der Waals surface area contributed by atoms with Crippen LogP contribution >= 0.6 is 15.9 Å². The van der Waals surface area contributed by atoms with E-state index in [2.05, 4.69) is 93.3 Å². The van der Waals surface area contributed by atoms with Crippen molar-refractivity contribution in [2.75, 3.05) is 0 Å². The molecule has 0 aliphatic rings. The number of imidazole rings is 1. The molecule has 0 saturated carbocycles. The van der Waals surface area contributed by atoms with Crippen LogP contribution in [0.5, 0.6) is 0 Å². The van der Waals surface area contributed by atoms with Crippen LogP contribution in [-0.2, 0) is 5.54 Å². The Hall–Kier alpha value is -3.24. The molecule has 0 radical (unpaired) electrons. The second-order valence-corrected chi connectivity index (χ2v) is 7.84. The van der Waals surface area contributed by atoms with Gasteiger partial charge in [-0.15, -0.1) is 0 Å². The molecule has 0 aliphatic heterocycles. The van der Waals surface area contributed by atoms with Crippen LogP contribution in [0, 0.1) is 0 Å². The summed E-state index contributed by atoms with van der Waals surface area (Å²) in [4.78, 5) is 9.43. The highest BCUT2D eigenvalue weighted by molar-refractivity contribution is 9.10. The molecule has 3 nitrogen and oxygen atoms in total. The number of aromatic nitrogens is 3. The Kier molecular flexibility index (Phi) is 4.49. The van der Waals surface area contributed by atoms with Crippen molar-refractivity contribution >= 4 is 27.1 Å². The molecule has 5 rings (SSSR count). The summed E-state index contributed by atoms with van der Waals surface area (Å²) in [6.45, 7) is 0. The third kappa shape index (κ3) is 2.88. The summed E-state index contributed by atoms with van der Waals surface area (Å²) in [5, 5.41) is 0. The zero-order chi connectivity index (χ0) is 19.7. The largest absolute Gasteiger partial charge is 0.296 e. The molecule has 0 fully saturated rings. The van der Waals surface area contributed by atoms with E-state index >= 15 is 0 Å². The van der Waals surface area contributed by atoms with Crippen molar-refractivity contribution < 1.29 is 0 Å². The average Bonchev–Trinajstić information content (AvgIpc) is 3.20. The van der Waals surface area contributed by atoms with Gasteiger partial charge in [0.2, 0.25) is 0 Å². The van der Waals surface area contributed by atoms with Crippen LogP contribution in [0.2, 0.25) is 0 Å². The molecular weight excluding hydrogens is 422 g/mol. The summed E-state index contributed by atoms with van der Waals surface area (Å²) in [5.74, 6) is 0. The molecule has 0 atom stereocenters. The van der Waals surface area contributed by atoms with E-state index < -0.39 is 5.54 Å². The number of hydrogen-bond donors (Lipinski definition) is 0. The van der Waals surface area contributed by atoms with Gasteiger partial charge in [0.15, 0.2) is 5.65 Å². The van der Waals surface area contributed by atoms with Crippen LogP contribution in [-0.4, -0.2) is 14.5 Å². The molecule has 0 unspecified atom stereocenters. The second-order valence-electron chi connectivity index (χ2n) is 6.92. The first-order valence-electron chi connectivity index (χ1n) is 9.46. The zero-order valence-electron chi connectivity index (χ0n) is 15.6. The van der Waals surface area contributed by atoms with Gasteiger partial charge in [-0.2, -0.15) is 0 Å². The molecule has 29 heavy (non-hydrogen) atoms. The molecule has 0 amide bonds. The molecule has 0 bridgehead atoms. The Bertz CT molecular complexity index is 1150. The zero-order valence-corrected chi connectivity index (χ0v) is 17.2. The van der Waals surface area contributed by atoms with E-state index in [4.69, 9.17) is 9.97 Å². The molecule has 0 N–H and O–H groups in total. The van der Waals surface area contributed by atoms with Gasteiger partial charge in [0.25, 0.3) is 0 Å². The first-order chi connectivity index (χ1) is 14.3. The van der Waals surface area contributed by atoms with Crippen LogP contribution in [0.4, 0.5) is 0 Å². The number of benzene rings is 3. The van der Waals surface area contributed by atoms with Gasteiger partial charge in [-0.05, 0) is 38.7 Å². The fourth-order valence-electron chi connectivity index (χ4n) is 4.08. The summed E-state index contributed by atoms with van der Waals surface area (Å²) in [7, 11) is 0. The molecule has 3 aromatic carbocycles. The molecular formula is C25H18BrN3. The summed E-state index contributed by atoms with van der Waals surface area (Å²) >= 11 is 3.52. The van der Waals surface area contributed by atoms with Crippen LogP contribution in [0.3, 0.4) is 0 Å². The Balaban J connectivity index is 1.95. The fraction of sp³-hybridized carbons (Fsp3) is 0.0400. The predicted molar refractivity (Wildman–Crippen MR) is 120 cm³/mol. The first kappa shape index (κ1) is 17.8. The molecule has 4 heteroatoms. The van der Waals surface area contributed by atoms with E-state index in [1.54, 1.807) is 0 Å². The summed E-state index contributed by atoms with van der Waals surface area (Å²) in [6, 6.07) is 33.7.